The topological polar surface area (TPSA) is 81.7 Å². The van der Waals surface area contributed by atoms with E-state index in [2.05, 4.69) is 10.6 Å². The number of benzene rings is 1. The number of anilines is 2. The Morgan fingerprint density at radius 3 is 2.62 bits per heavy atom. The molecule has 1 unspecified atom stereocenters. The van der Waals surface area contributed by atoms with E-state index in [1.54, 1.807) is 17.0 Å². The van der Waals surface area contributed by atoms with Crippen molar-refractivity contribution in [2.24, 2.45) is 0 Å². The highest BCUT2D eigenvalue weighted by molar-refractivity contribution is 5.96. The van der Waals surface area contributed by atoms with Crippen molar-refractivity contribution in [2.75, 3.05) is 23.4 Å². The molecule has 0 saturated carbocycles. The van der Waals surface area contributed by atoms with Crippen molar-refractivity contribution in [1.29, 1.82) is 0 Å². The predicted molar refractivity (Wildman–Crippen MR) is 81.3 cm³/mol. The molecule has 1 saturated heterocycles. The molecule has 0 aliphatic carbocycles. The highest BCUT2D eigenvalue weighted by Gasteiger charge is 2.21. The van der Waals surface area contributed by atoms with Crippen LogP contribution in [0, 0.1) is 0 Å². The number of rotatable bonds is 5. The van der Waals surface area contributed by atoms with Crippen LogP contribution in [0.5, 0.6) is 0 Å². The summed E-state index contributed by atoms with van der Waals surface area (Å²) in [7, 11) is 0. The summed E-state index contributed by atoms with van der Waals surface area (Å²) >= 11 is 0. The zero-order chi connectivity index (χ0) is 15.2. The third kappa shape index (κ3) is 3.95. The molecule has 6 heteroatoms. The van der Waals surface area contributed by atoms with Gasteiger partial charge in [-0.1, -0.05) is 6.92 Å². The van der Waals surface area contributed by atoms with Crippen LogP contribution in [0.15, 0.2) is 24.3 Å². The molecular weight excluding hydrogens is 270 g/mol. The Bertz CT molecular complexity index is 497. The molecule has 1 atom stereocenters. The van der Waals surface area contributed by atoms with Crippen molar-refractivity contribution in [2.45, 2.75) is 32.2 Å². The first-order valence-corrected chi connectivity index (χ1v) is 7.23. The van der Waals surface area contributed by atoms with Crippen LogP contribution in [0.1, 0.15) is 26.2 Å². The van der Waals surface area contributed by atoms with Crippen molar-refractivity contribution >= 4 is 23.3 Å². The molecule has 1 aliphatic rings. The maximum atomic E-state index is 11.7. The summed E-state index contributed by atoms with van der Waals surface area (Å²) in [4.78, 5) is 25.1. The zero-order valence-corrected chi connectivity index (χ0v) is 12.1. The largest absolute Gasteiger partial charge is 0.394 e. The number of urea groups is 1. The number of aliphatic hydroxyl groups excluding tert-OH is 1. The van der Waals surface area contributed by atoms with E-state index >= 15 is 0 Å². The molecule has 114 valence electrons. The van der Waals surface area contributed by atoms with Crippen molar-refractivity contribution in [3.8, 4) is 0 Å². The minimum Gasteiger partial charge on any atom is -0.394 e. The number of nitrogens with zero attached hydrogens (tertiary/aromatic N) is 1. The standard InChI is InChI=1S/C15H21N3O3/c1-2-11(10-19)16-15(21)17-12-5-7-13(8-6-12)18-9-3-4-14(18)20/h5-8,11,19H,2-4,9-10H2,1H3,(H2,16,17,21). The second-order valence-electron chi connectivity index (χ2n) is 5.08. The third-order valence-corrected chi connectivity index (χ3v) is 3.56. The highest BCUT2D eigenvalue weighted by Crippen LogP contribution is 2.22. The average Bonchev–Trinajstić information content (AvgIpc) is 2.92. The molecule has 1 heterocycles. The summed E-state index contributed by atoms with van der Waals surface area (Å²) in [5.41, 5.74) is 1.50. The average molecular weight is 291 g/mol. The lowest BCUT2D eigenvalue weighted by Crippen LogP contribution is -2.39. The normalized spacial score (nSPS) is 15.9. The van der Waals surface area contributed by atoms with Crippen molar-refractivity contribution in [1.82, 2.24) is 5.32 Å². The summed E-state index contributed by atoms with van der Waals surface area (Å²) in [6.07, 6.45) is 2.16. The SMILES string of the molecule is CCC(CO)NC(=O)Nc1ccc(N2CCCC2=O)cc1. The monoisotopic (exact) mass is 291 g/mol. The third-order valence-electron chi connectivity index (χ3n) is 3.56. The smallest absolute Gasteiger partial charge is 0.319 e. The molecule has 21 heavy (non-hydrogen) atoms. The van der Waals surface area contributed by atoms with E-state index in [9.17, 15) is 9.59 Å². The second-order valence-corrected chi connectivity index (χ2v) is 5.08. The van der Waals surface area contributed by atoms with Crippen molar-refractivity contribution in [3.63, 3.8) is 0 Å². The van der Waals surface area contributed by atoms with Gasteiger partial charge in [-0.15, -0.1) is 0 Å². The van der Waals surface area contributed by atoms with Gasteiger partial charge in [-0.2, -0.15) is 0 Å². The van der Waals surface area contributed by atoms with Gasteiger partial charge >= 0.3 is 6.03 Å². The van der Waals surface area contributed by atoms with Gasteiger partial charge in [0.05, 0.1) is 12.6 Å². The van der Waals surface area contributed by atoms with Gasteiger partial charge in [-0.3, -0.25) is 4.79 Å². The fraction of sp³-hybridized carbons (Fsp3) is 0.467. The molecule has 2 rings (SSSR count). The number of nitrogens with one attached hydrogen (secondary N) is 2. The predicted octanol–water partition coefficient (Wildman–Crippen LogP) is 1.71. The summed E-state index contributed by atoms with van der Waals surface area (Å²) in [6.45, 7) is 2.56. The first-order chi connectivity index (χ1) is 10.1. The van der Waals surface area contributed by atoms with Crippen LogP contribution < -0.4 is 15.5 Å². The molecule has 1 aromatic rings. The lowest BCUT2D eigenvalue weighted by molar-refractivity contribution is -0.117. The molecule has 0 spiro atoms. The molecule has 0 bridgehead atoms. The van der Waals surface area contributed by atoms with Crippen LogP contribution in [-0.4, -0.2) is 36.2 Å². The van der Waals surface area contributed by atoms with Crippen LogP contribution in [-0.2, 0) is 4.79 Å². The Kier molecular flexibility index (Phi) is 5.16. The molecule has 1 aliphatic heterocycles. The quantitative estimate of drug-likeness (QED) is 0.772. The van der Waals surface area contributed by atoms with Crippen LogP contribution in [0.2, 0.25) is 0 Å². The number of hydrogen-bond donors (Lipinski definition) is 3. The summed E-state index contributed by atoms with van der Waals surface area (Å²) in [6, 6.07) is 6.58. The highest BCUT2D eigenvalue weighted by atomic mass is 16.3. The Morgan fingerprint density at radius 2 is 2.10 bits per heavy atom. The first-order valence-electron chi connectivity index (χ1n) is 7.23. The summed E-state index contributed by atoms with van der Waals surface area (Å²) in [5.74, 6) is 0.141. The van der Waals surface area contributed by atoms with Gasteiger partial charge in [0.2, 0.25) is 5.91 Å². The van der Waals surface area contributed by atoms with E-state index in [1.165, 1.54) is 0 Å². The lowest BCUT2D eigenvalue weighted by atomic mass is 10.2. The Hall–Kier alpha value is -2.08. The number of aliphatic hydroxyl groups is 1. The van der Waals surface area contributed by atoms with E-state index in [-0.39, 0.29) is 24.6 Å². The van der Waals surface area contributed by atoms with E-state index in [0.717, 1.165) is 18.7 Å². The minimum atomic E-state index is -0.346. The van der Waals surface area contributed by atoms with Crippen LogP contribution >= 0.6 is 0 Å². The Balaban J connectivity index is 1.93. The lowest BCUT2D eigenvalue weighted by Gasteiger charge is -2.17. The van der Waals surface area contributed by atoms with Gasteiger partial charge in [0, 0.05) is 24.3 Å². The van der Waals surface area contributed by atoms with Crippen LogP contribution in [0.3, 0.4) is 0 Å². The van der Waals surface area contributed by atoms with Crippen molar-refractivity contribution < 1.29 is 14.7 Å². The van der Waals surface area contributed by atoms with E-state index in [1.807, 2.05) is 19.1 Å². The molecule has 3 N–H and O–H groups in total. The number of carbonyl (C=O) groups is 2. The zero-order valence-electron chi connectivity index (χ0n) is 12.1. The first kappa shape index (κ1) is 15.3. The maximum Gasteiger partial charge on any atom is 0.319 e. The van der Waals surface area contributed by atoms with E-state index in [0.29, 0.717) is 18.5 Å². The van der Waals surface area contributed by atoms with E-state index in [4.69, 9.17) is 5.11 Å². The van der Waals surface area contributed by atoms with E-state index < -0.39 is 0 Å². The Morgan fingerprint density at radius 1 is 1.38 bits per heavy atom. The molecule has 1 fully saturated rings. The van der Waals surface area contributed by atoms with Gasteiger partial charge in [-0.25, -0.2) is 4.79 Å². The molecule has 6 nitrogen and oxygen atoms in total. The summed E-state index contributed by atoms with van der Waals surface area (Å²) < 4.78 is 0. The molecule has 0 radical (unpaired) electrons. The number of carbonyl (C=O) groups excluding carboxylic acids is 2. The van der Waals surface area contributed by atoms with Gasteiger partial charge in [0.15, 0.2) is 0 Å². The summed E-state index contributed by atoms with van der Waals surface area (Å²) in [5, 5.41) is 14.4. The fourth-order valence-corrected chi connectivity index (χ4v) is 2.28. The van der Waals surface area contributed by atoms with Gasteiger partial charge in [0.1, 0.15) is 0 Å². The molecule has 0 aromatic heterocycles. The second kappa shape index (κ2) is 7.08. The molecule has 1 aromatic carbocycles. The molecular formula is C15H21N3O3. The van der Waals surface area contributed by atoms with Gasteiger partial charge < -0.3 is 20.6 Å². The minimum absolute atomic E-state index is 0.0834. The maximum absolute atomic E-state index is 11.7. The Labute approximate surface area is 124 Å². The number of hydrogen-bond acceptors (Lipinski definition) is 3. The number of amides is 3. The van der Waals surface area contributed by atoms with Crippen LogP contribution in [0.4, 0.5) is 16.2 Å². The fourth-order valence-electron chi connectivity index (χ4n) is 2.28. The molecule has 3 amide bonds. The van der Waals surface area contributed by atoms with Crippen molar-refractivity contribution in [3.05, 3.63) is 24.3 Å². The van der Waals surface area contributed by atoms with Gasteiger partial charge in [0.25, 0.3) is 0 Å². The van der Waals surface area contributed by atoms with Gasteiger partial charge in [-0.05, 0) is 37.1 Å². The van der Waals surface area contributed by atoms with Crippen LogP contribution in [0.25, 0.3) is 0 Å².